The third kappa shape index (κ3) is 3.51. The maximum Gasteiger partial charge on any atom is 0.120 e. The highest BCUT2D eigenvalue weighted by Gasteiger charge is 2.10. The number of aromatic hydroxyl groups is 1. The molecule has 0 aliphatic rings. The molecule has 4 N–H and O–H groups in total. The third-order valence-corrected chi connectivity index (χ3v) is 2.27. The smallest absolute Gasteiger partial charge is 0.120 e. The largest absolute Gasteiger partial charge is 0.508 e. The van der Waals surface area contributed by atoms with E-state index in [1.165, 1.54) is 0 Å². The molecule has 4 heteroatoms. The summed E-state index contributed by atoms with van der Waals surface area (Å²) in [5.74, 6) is 0.232. The second-order valence-electron chi connectivity index (χ2n) is 3.53. The fraction of sp³-hybridized carbons (Fsp3) is 0.455. The van der Waals surface area contributed by atoms with E-state index >= 15 is 0 Å². The van der Waals surface area contributed by atoms with Crippen LogP contribution in [-0.4, -0.2) is 34.6 Å². The zero-order valence-corrected chi connectivity index (χ0v) is 8.72. The summed E-state index contributed by atoms with van der Waals surface area (Å²) in [4.78, 5) is 0. The van der Waals surface area contributed by atoms with Crippen molar-refractivity contribution in [3.63, 3.8) is 0 Å². The first-order valence-electron chi connectivity index (χ1n) is 4.95. The Morgan fingerprint density at radius 2 is 2.00 bits per heavy atom. The van der Waals surface area contributed by atoms with Crippen LogP contribution in [0.15, 0.2) is 24.3 Å². The van der Waals surface area contributed by atoms with Gasteiger partial charge in [0.25, 0.3) is 0 Å². The molecule has 2 unspecified atom stereocenters. The van der Waals surface area contributed by atoms with Gasteiger partial charge in [0.2, 0.25) is 0 Å². The van der Waals surface area contributed by atoms with Gasteiger partial charge in [0.1, 0.15) is 5.75 Å². The summed E-state index contributed by atoms with van der Waals surface area (Å²) >= 11 is 0. The Morgan fingerprint density at radius 3 is 2.60 bits per heavy atom. The molecular formula is C11H17NO3. The van der Waals surface area contributed by atoms with Crippen molar-refractivity contribution in [1.82, 2.24) is 5.32 Å². The lowest BCUT2D eigenvalue weighted by Crippen LogP contribution is -2.31. The van der Waals surface area contributed by atoms with Gasteiger partial charge < -0.3 is 20.6 Å². The van der Waals surface area contributed by atoms with Crippen LogP contribution < -0.4 is 5.32 Å². The van der Waals surface area contributed by atoms with Crippen LogP contribution in [-0.2, 0) is 0 Å². The Kier molecular flexibility index (Phi) is 4.55. The van der Waals surface area contributed by atoms with Crippen molar-refractivity contribution in [2.24, 2.45) is 0 Å². The highest BCUT2D eigenvalue weighted by Crippen LogP contribution is 2.22. The lowest BCUT2D eigenvalue weighted by atomic mass is 10.1. The van der Waals surface area contributed by atoms with Gasteiger partial charge in [-0.15, -0.1) is 0 Å². The molecule has 1 rings (SSSR count). The molecule has 1 aromatic rings. The molecule has 1 aromatic carbocycles. The molecule has 84 valence electrons. The Bertz CT molecular complexity index is 304. The highest BCUT2D eigenvalue weighted by atomic mass is 16.3. The number of aliphatic hydroxyl groups excluding tert-OH is 2. The summed E-state index contributed by atoms with van der Waals surface area (Å²) in [5.41, 5.74) is 0.780. The van der Waals surface area contributed by atoms with E-state index in [1.54, 1.807) is 12.1 Å². The van der Waals surface area contributed by atoms with Crippen molar-refractivity contribution >= 4 is 0 Å². The highest BCUT2D eigenvalue weighted by molar-refractivity contribution is 5.34. The third-order valence-electron chi connectivity index (χ3n) is 2.27. The maximum absolute atomic E-state index is 9.55. The predicted molar refractivity (Wildman–Crippen MR) is 57.6 cm³/mol. The van der Waals surface area contributed by atoms with Gasteiger partial charge in [-0.2, -0.15) is 0 Å². The first-order valence-corrected chi connectivity index (χ1v) is 4.95. The van der Waals surface area contributed by atoms with Crippen molar-refractivity contribution in [1.29, 1.82) is 0 Å². The van der Waals surface area contributed by atoms with Gasteiger partial charge in [-0.05, 0) is 13.0 Å². The van der Waals surface area contributed by atoms with Gasteiger partial charge in [-0.1, -0.05) is 18.2 Å². The fourth-order valence-corrected chi connectivity index (χ4v) is 1.34. The van der Waals surface area contributed by atoms with Crippen molar-refractivity contribution < 1.29 is 15.3 Å². The minimum absolute atomic E-state index is 0.0626. The van der Waals surface area contributed by atoms with Crippen LogP contribution in [0.1, 0.15) is 18.5 Å². The summed E-state index contributed by atoms with van der Waals surface area (Å²) < 4.78 is 0. The fourth-order valence-electron chi connectivity index (χ4n) is 1.34. The van der Waals surface area contributed by atoms with E-state index in [2.05, 4.69) is 5.32 Å². The zero-order chi connectivity index (χ0) is 11.3. The minimum Gasteiger partial charge on any atom is -0.508 e. The first kappa shape index (κ1) is 12.0. The van der Waals surface area contributed by atoms with Crippen LogP contribution in [0.2, 0.25) is 0 Å². The molecule has 0 aromatic heterocycles. The van der Waals surface area contributed by atoms with Crippen LogP contribution in [0, 0.1) is 0 Å². The molecular weight excluding hydrogens is 194 g/mol. The quantitative estimate of drug-likeness (QED) is 0.568. The second kappa shape index (κ2) is 5.70. The molecule has 2 atom stereocenters. The molecule has 0 aliphatic carbocycles. The Balaban J connectivity index is 2.54. The SMILES string of the molecule is CC(NCC(O)CO)c1ccccc1O. The van der Waals surface area contributed by atoms with E-state index < -0.39 is 6.10 Å². The minimum atomic E-state index is -0.765. The molecule has 0 radical (unpaired) electrons. The van der Waals surface area contributed by atoms with Gasteiger partial charge in [-0.25, -0.2) is 0 Å². The van der Waals surface area contributed by atoms with Crippen molar-refractivity contribution in [2.45, 2.75) is 19.1 Å². The number of phenolic OH excluding ortho intramolecular Hbond substituents is 1. The normalized spacial score (nSPS) is 14.9. The van der Waals surface area contributed by atoms with E-state index in [9.17, 15) is 5.11 Å². The summed E-state index contributed by atoms with van der Waals surface area (Å²) in [6, 6.07) is 6.98. The van der Waals surface area contributed by atoms with E-state index in [4.69, 9.17) is 10.2 Å². The van der Waals surface area contributed by atoms with E-state index in [0.717, 1.165) is 5.56 Å². The number of phenols is 1. The summed E-state index contributed by atoms with van der Waals surface area (Å²) in [5, 5.41) is 30.4. The first-order chi connectivity index (χ1) is 7.15. The molecule has 0 bridgehead atoms. The van der Waals surface area contributed by atoms with Gasteiger partial charge in [-0.3, -0.25) is 0 Å². The lowest BCUT2D eigenvalue weighted by molar-refractivity contribution is 0.0923. The zero-order valence-electron chi connectivity index (χ0n) is 8.72. The molecule has 0 spiro atoms. The van der Waals surface area contributed by atoms with E-state index in [-0.39, 0.29) is 18.4 Å². The molecule has 0 amide bonds. The van der Waals surface area contributed by atoms with Gasteiger partial charge in [0, 0.05) is 18.2 Å². The van der Waals surface area contributed by atoms with Gasteiger partial charge in [0.05, 0.1) is 12.7 Å². The predicted octanol–water partition coefficient (Wildman–Crippen LogP) is 0.396. The molecule has 0 fully saturated rings. The number of nitrogens with one attached hydrogen (secondary N) is 1. The van der Waals surface area contributed by atoms with E-state index in [1.807, 2.05) is 19.1 Å². The van der Waals surface area contributed by atoms with Crippen LogP contribution in [0.25, 0.3) is 0 Å². The molecule has 15 heavy (non-hydrogen) atoms. The van der Waals surface area contributed by atoms with Crippen LogP contribution in [0.3, 0.4) is 0 Å². The molecule has 0 heterocycles. The molecule has 0 aliphatic heterocycles. The second-order valence-corrected chi connectivity index (χ2v) is 3.53. The van der Waals surface area contributed by atoms with Crippen molar-refractivity contribution in [3.05, 3.63) is 29.8 Å². The van der Waals surface area contributed by atoms with Crippen LogP contribution >= 0.6 is 0 Å². The average Bonchev–Trinajstić information content (AvgIpc) is 2.26. The van der Waals surface area contributed by atoms with Crippen LogP contribution in [0.5, 0.6) is 5.75 Å². The summed E-state index contributed by atoms with van der Waals surface area (Å²) in [6.07, 6.45) is -0.765. The van der Waals surface area contributed by atoms with Gasteiger partial charge in [0.15, 0.2) is 0 Å². The number of para-hydroxylation sites is 1. The average molecular weight is 211 g/mol. The van der Waals surface area contributed by atoms with Gasteiger partial charge >= 0.3 is 0 Å². The maximum atomic E-state index is 9.55. The Labute approximate surface area is 89.2 Å². The molecule has 0 saturated carbocycles. The number of benzene rings is 1. The summed E-state index contributed by atoms with van der Waals surface area (Å²) in [6.45, 7) is 1.92. The molecule has 4 nitrogen and oxygen atoms in total. The van der Waals surface area contributed by atoms with Crippen molar-refractivity contribution in [3.8, 4) is 5.75 Å². The van der Waals surface area contributed by atoms with E-state index in [0.29, 0.717) is 6.54 Å². The monoisotopic (exact) mass is 211 g/mol. The summed E-state index contributed by atoms with van der Waals surface area (Å²) in [7, 11) is 0. The van der Waals surface area contributed by atoms with Crippen molar-refractivity contribution in [2.75, 3.05) is 13.2 Å². The topological polar surface area (TPSA) is 72.7 Å². The molecule has 0 saturated heterocycles. The standard InChI is InChI=1S/C11H17NO3/c1-8(12-6-9(14)7-13)10-4-2-3-5-11(10)15/h2-5,8-9,12-15H,6-7H2,1H3. The lowest BCUT2D eigenvalue weighted by Gasteiger charge is -2.17. The van der Waals surface area contributed by atoms with Crippen LogP contribution in [0.4, 0.5) is 0 Å². The number of hydrogen-bond donors (Lipinski definition) is 4. The Morgan fingerprint density at radius 1 is 1.33 bits per heavy atom. The number of hydrogen-bond acceptors (Lipinski definition) is 4. The Hall–Kier alpha value is -1.10. The number of aliphatic hydroxyl groups is 2. The number of rotatable bonds is 5.